The van der Waals surface area contributed by atoms with Crippen LogP contribution in [-0.2, 0) is 9.84 Å². The Hall–Kier alpha value is -1.70. The van der Waals surface area contributed by atoms with Gasteiger partial charge in [0.1, 0.15) is 5.82 Å². The van der Waals surface area contributed by atoms with Crippen molar-refractivity contribution in [3.63, 3.8) is 0 Å². The molecule has 0 saturated carbocycles. The fraction of sp³-hybridized carbons (Fsp3) is 0.235. The van der Waals surface area contributed by atoms with Gasteiger partial charge in [0.2, 0.25) is 0 Å². The molecule has 130 valence electrons. The van der Waals surface area contributed by atoms with Gasteiger partial charge in [0, 0.05) is 16.4 Å². The van der Waals surface area contributed by atoms with E-state index in [1.165, 1.54) is 12.1 Å². The molecule has 2 fully saturated rings. The van der Waals surface area contributed by atoms with Crippen molar-refractivity contribution in [3.8, 4) is 0 Å². The Morgan fingerprint density at radius 2 is 1.36 bits per heavy atom. The lowest BCUT2D eigenvalue weighted by atomic mass is 10.1. The molecule has 2 heterocycles. The Kier molecular flexibility index (Phi) is 3.97. The van der Waals surface area contributed by atoms with Crippen molar-refractivity contribution in [2.45, 2.75) is 12.1 Å². The summed E-state index contributed by atoms with van der Waals surface area (Å²) in [6.07, 6.45) is 0. The number of benzene rings is 2. The van der Waals surface area contributed by atoms with Crippen LogP contribution < -0.4 is 9.80 Å². The molecule has 0 bridgehead atoms. The number of sulfone groups is 1. The van der Waals surface area contributed by atoms with E-state index >= 15 is 0 Å². The summed E-state index contributed by atoms with van der Waals surface area (Å²) in [5.41, 5.74) is 1.49. The Balaban J connectivity index is 1.79. The van der Waals surface area contributed by atoms with E-state index in [1.54, 1.807) is 24.3 Å². The molecule has 0 N–H and O–H groups in total. The van der Waals surface area contributed by atoms with E-state index in [0.29, 0.717) is 15.8 Å². The average Bonchev–Trinajstić information content (AvgIpc) is 2.99. The molecule has 2 atom stereocenters. The monoisotopic (exact) mass is 396 g/mol. The number of rotatable bonds is 2. The molecule has 2 aromatic carbocycles. The number of hydrogen-bond acceptors (Lipinski definition) is 3. The summed E-state index contributed by atoms with van der Waals surface area (Å²) in [5.74, 6) is -0.281. The number of fused-ring (bicyclic) bond motifs is 1. The minimum atomic E-state index is -3.17. The summed E-state index contributed by atoms with van der Waals surface area (Å²) < 4.78 is 37.7. The molecule has 4 nitrogen and oxygen atoms in total. The van der Waals surface area contributed by atoms with Crippen molar-refractivity contribution in [3.05, 3.63) is 59.4 Å². The summed E-state index contributed by atoms with van der Waals surface area (Å²) in [4.78, 5) is 3.68. The quantitative estimate of drug-likeness (QED) is 0.729. The highest BCUT2D eigenvalue weighted by Gasteiger charge is 2.52. The van der Waals surface area contributed by atoms with Crippen LogP contribution in [0.4, 0.5) is 15.8 Å². The lowest BCUT2D eigenvalue weighted by molar-refractivity contribution is 0.601. The molecule has 25 heavy (non-hydrogen) atoms. The van der Waals surface area contributed by atoms with Crippen molar-refractivity contribution in [1.82, 2.24) is 0 Å². The van der Waals surface area contributed by atoms with Crippen molar-refractivity contribution >= 4 is 50.1 Å². The molecule has 4 rings (SSSR count). The highest BCUT2D eigenvalue weighted by atomic mass is 35.5. The predicted octanol–water partition coefficient (Wildman–Crippen LogP) is 3.26. The molecular formula is C17H14ClFN2O2S2. The van der Waals surface area contributed by atoms with Gasteiger partial charge in [0.15, 0.2) is 14.9 Å². The summed E-state index contributed by atoms with van der Waals surface area (Å²) in [6.45, 7) is 0. The van der Waals surface area contributed by atoms with Crippen LogP contribution in [0.1, 0.15) is 0 Å². The SMILES string of the molecule is O=S1(=O)C[C@H]2[C@H](C1)N(c1ccc(Cl)cc1)C(=S)N2c1ccc(F)cc1. The molecule has 0 amide bonds. The molecule has 8 heteroatoms. The Bertz CT molecular complexity index is 863. The molecule has 0 radical (unpaired) electrons. The maximum atomic E-state index is 13.3. The van der Waals surface area contributed by atoms with Gasteiger partial charge in [-0.2, -0.15) is 0 Å². The van der Waals surface area contributed by atoms with E-state index in [-0.39, 0.29) is 29.4 Å². The zero-order valence-corrected chi connectivity index (χ0v) is 15.4. The summed E-state index contributed by atoms with van der Waals surface area (Å²) in [6, 6.07) is 12.5. The number of thiocarbonyl (C=S) groups is 1. The second-order valence-electron chi connectivity index (χ2n) is 6.19. The molecular weight excluding hydrogens is 383 g/mol. The molecule has 0 spiro atoms. The Morgan fingerprint density at radius 3 is 1.84 bits per heavy atom. The maximum absolute atomic E-state index is 13.3. The minimum Gasteiger partial charge on any atom is -0.312 e. The summed E-state index contributed by atoms with van der Waals surface area (Å²) >= 11 is 11.6. The second kappa shape index (κ2) is 5.93. The predicted molar refractivity (Wildman–Crippen MR) is 102 cm³/mol. The standard InChI is InChI=1S/C17H14ClFN2O2S2/c18-11-1-5-13(6-2-11)20-15-9-25(22,23)10-16(15)21(17(20)24)14-7-3-12(19)4-8-14/h1-8,15-16H,9-10H2/t15-,16-/m0/s1. The number of anilines is 2. The van der Waals surface area contributed by atoms with Crippen LogP contribution in [0.15, 0.2) is 48.5 Å². The van der Waals surface area contributed by atoms with Gasteiger partial charge in [0.05, 0.1) is 23.6 Å². The van der Waals surface area contributed by atoms with Crippen molar-refractivity contribution < 1.29 is 12.8 Å². The molecule has 2 aliphatic rings. The van der Waals surface area contributed by atoms with Crippen molar-refractivity contribution in [2.24, 2.45) is 0 Å². The first-order valence-electron chi connectivity index (χ1n) is 7.70. The van der Waals surface area contributed by atoms with Gasteiger partial charge in [-0.05, 0) is 60.7 Å². The number of hydrogen-bond donors (Lipinski definition) is 0. The first-order valence-corrected chi connectivity index (χ1v) is 10.3. The highest BCUT2D eigenvalue weighted by Crippen LogP contribution is 2.38. The minimum absolute atomic E-state index is 0.0271. The summed E-state index contributed by atoms with van der Waals surface area (Å²) in [7, 11) is -3.17. The zero-order chi connectivity index (χ0) is 17.8. The first-order chi connectivity index (χ1) is 11.9. The maximum Gasteiger partial charge on any atom is 0.181 e. The number of nitrogens with zero attached hydrogens (tertiary/aromatic N) is 2. The third-order valence-corrected chi connectivity index (χ3v) is 6.92. The van der Waals surface area contributed by atoms with Crippen LogP contribution in [-0.4, -0.2) is 37.1 Å². The molecule has 0 aromatic heterocycles. The van der Waals surface area contributed by atoms with Crippen LogP contribution in [0.5, 0.6) is 0 Å². The van der Waals surface area contributed by atoms with Gasteiger partial charge in [-0.15, -0.1) is 0 Å². The Morgan fingerprint density at radius 1 is 0.920 bits per heavy atom. The van der Waals surface area contributed by atoms with Gasteiger partial charge in [-0.3, -0.25) is 0 Å². The van der Waals surface area contributed by atoms with E-state index in [9.17, 15) is 12.8 Å². The van der Waals surface area contributed by atoms with E-state index in [2.05, 4.69) is 0 Å². The topological polar surface area (TPSA) is 40.6 Å². The highest BCUT2D eigenvalue weighted by molar-refractivity contribution is 7.91. The molecule has 2 aliphatic heterocycles. The lowest BCUT2D eigenvalue weighted by Gasteiger charge is -2.25. The van der Waals surface area contributed by atoms with Gasteiger partial charge in [-0.1, -0.05) is 11.6 Å². The van der Waals surface area contributed by atoms with Gasteiger partial charge in [-0.25, -0.2) is 12.8 Å². The fourth-order valence-corrected chi connectivity index (χ4v) is 6.04. The van der Waals surface area contributed by atoms with Crippen molar-refractivity contribution in [1.29, 1.82) is 0 Å². The number of halogens is 2. The third-order valence-electron chi connectivity index (χ3n) is 4.58. The van der Waals surface area contributed by atoms with Crippen LogP contribution in [0, 0.1) is 5.82 Å². The molecule has 0 unspecified atom stereocenters. The van der Waals surface area contributed by atoms with Crippen LogP contribution in [0.3, 0.4) is 0 Å². The van der Waals surface area contributed by atoms with E-state index in [4.69, 9.17) is 23.8 Å². The van der Waals surface area contributed by atoms with Crippen molar-refractivity contribution in [2.75, 3.05) is 21.3 Å². The molecule has 2 aromatic rings. The van der Waals surface area contributed by atoms with Crippen LogP contribution in [0.2, 0.25) is 5.02 Å². The molecule has 2 saturated heterocycles. The van der Waals surface area contributed by atoms with Crippen LogP contribution >= 0.6 is 23.8 Å². The largest absolute Gasteiger partial charge is 0.312 e. The molecule has 0 aliphatic carbocycles. The normalized spacial score (nSPS) is 24.6. The zero-order valence-electron chi connectivity index (χ0n) is 13.0. The van der Waals surface area contributed by atoms with Gasteiger partial charge < -0.3 is 9.80 Å². The fourth-order valence-electron chi connectivity index (χ4n) is 3.51. The second-order valence-corrected chi connectivity index (χ2v) is 9.14. The van der Waals surface area contributed by atoms with E-state index in [0.717, 1.165) is 5.69 Å². The van der Waals surface area contributed by atoms with E-state index in [1.807, 2.05) is 21.9 Å². The smallest absolute Gasteiger partial charge is 0.181 e. The average molecular weight is 397 g/mol. The lowest BCUT2D eigenvalue weighted by Crippen LogP contribution is -2.37. The van der Waals surface area contributed by atoms with Crippen LogP contribution in [0.25, 0.3) is 0 Å². The van der Waals surface area contributed by atoms with Gasteiger partial charge >= 0.3 is 0 Å². The third kappa shape index (κ3) is 2.90. The van der Waals surface area contributed by atoms with Gasteiger partial charge in [0.25, 0.3) is 0 Å². The Labute approximate surface area is 155 Å². The first kappa shape index (κ1) is 16.8. The van der Waals surface area contributed by atoms with E-state index < -0.39 is 9.84 Å². The summed E-state index contributed by atoms with van der Waals surface area (Å²) in [5, 5.41) is 1.11.